The molecule has 0 amide bonds. The fourth-order valence-corrected chi connectivity index (χ4v) is 8.67. The number of carbonyl (C=O) groups excluding carboxylic acids is 1. The Labute approximate surface area is 157 Å². The van der Waals surface area contributed by atoms with Crippen molar-refractivity contribution in [3.05, 3.63) is 60.7 Å². The van der Waals surface area contributed by atoms with Crippen molar-refractivity contribution in [3.8, 4) is 0 Å². The summed E-state index contributed by atoms with van der Waals surface area (Å²) in [4.78, 5) is 11.8. The molecule has 2 aromatic rings. The molecule has 0 bridgehead atoms. The lowest BCUT2D eigenvalue weighted by molar-refractivity contribution is -0.151. The third-order valence-electron chi connectivity index (χ3n) is 5.39. The molecule has 138 valence electrons. The van der Waals surface area contributed by atoms with Gasteiger partial charge < -0.3 is 9.16 Å². The maximum Gasteiger partial charge on any atom is 0.308 e. The average Bonchev–Trinajstić information content (AvgIpc) is 2.61. The lowest BCUT2D eigenvalue weighted by Gasteiger charge is -2.48. The summed E-state index contributed by atoms with van der Waals surface area (Å²) < 4.78 is 11.9. The van der Waals surface area contributed by atoms with Crippen molar-refractivity contribution in [1.29, 1.82) is 0 Å². The van der Waals surface area contributed by atoms with Crippen LogP contribution in [0.25, 0.3) is 0 Å². The minimum atomic E-state index is -2.51. The van der Waals surface area contributed by atoms with Crippen molar-refractivity contribution in [2.75, 3.05) is 7.11 Å². The van der Waals surface area contributed by atoms with Crippen LogP contribution in [0.15, 0.2) is 60.7 Å². The van der Waals surface area contributed by atoms with Crippen LogP contribution >= 0.6 is 0 Å². The van der Waals surface area contributed by atoms with E-state index in [-0.39, 0.29) is 23.0 Å². The second-order valence-electron chi connectivity index (χ2n) is 8.09. The van der Waals surface area contributed by atoms with Gasteiger partial charge in [0, 0.05) is 6.10 Å². The van der Waals surface area contributed by atoms with E-state index in [1.54, 1.807) is 0 Å². The van der Waals surface area contributed by atoms with Crippen molar-refractivity contribution in [2.45, 2.75) is 44.8 Å². The fraction of sp³-hybridized carbons (Fsp3) is 0.409. The number of hydrogen-bond donors (Lipinski definition) is 0. The predicted molar refractivity (Wildman–Crippen MR) is 107 cm³/mol. The summed E-state index contributed by atoms with van der Waals surface area (Å²) in [5.74, 6) is -0.143. The SMILES string of the molecule is COC(=O)C1CC(O[Si](c2ccccc2)(c2ccccc2)C(C)(C)C)C1. The molecule has 2 aromatic carbocycles. The fourth-order valence-electron chi connectivity index (χ4n) is 3.96. The molecule has 0 radical (unpaired) electrons. The Bertz CT molecular complexity index is 691. The molecule has 0 aromatic heterocycles. The zero-order valence-corrected chi connectivity index (χ0v) is 17.1. The Kier molecular flexibility index (Phi) is 5.35. The number of benzene rings is 2. The number of hydrogen-bond acceptors (Lipinski definition) is 3. The average molecular weight is 369 g/mol. The van der Waals surface area contributed by atoms with Crippen molar-refractivity contribution < 1.29 is 14.0 Å². The van der Waals surface area contributed by atoms with Crippen molar-refractivity contribution in [1.82, 2.24) is 0 Å². The van der Waals surface area contributed by atoms with E-state index in [2.05, 4.69) is 69.3 Å². The minimum Gasteiger partial charge on any atom is -0.469 e. The molecular weight excluding hydrogens is 340 g/mol. The van der Waals surface area contributed by atoms with Gasteiger partial charge in [-0.15, -0.1) is 0 Å². The highest BCUT2D eigenvalue weighted by molar-refractivity contribution is 6.99. The van der Waals surface area contributed by atoms with E-state index < -0.39 is 8.32 Å². The minimum absolute atomic E-state index is 0.0248. The van der Waals surface area contributed by atoms with Crippen LogP contribution in [0.1, 0.15) is 33.6 Å². The van der Waals surface area contributed by atoms with E-state index in [0.717, 1.165) is 12.8 Å². The van der Waals surface area contributed by atoms with E-state index in [9.17, 15) is 4.79 Å². The summed E-state index contributed by atoms with van der Waals surface area (Å²) in [6.45, 7) is 6.82. The molecule has 0 N–H and O–H groups in total. The van der Waals surface area contributed by atoms with Gasteiger partial charge in [0.1, 0.15) is 0 Å². The van der Waals surface area contributed by atoms with Gasteiger partial charge in [0.15, 0.2) is 0 Å². The van der Waals surface area contributed by atoms with Gasteiger partial charge in [0.2, 0.25) is 0 Å². The van der Waals surface area contributed by atoms with Crippen LogP contribution in [0.5, 0.6) is 0 Å². The van der Waals surface area contributed by atoms with Crippen molar-refractivity contribution >= 4 is 24.7 Å². The van der Waals surface area contributed by atoms with Gasteiger partial charge >= 0.3 is 5.97 Å². The highest BCUT2D eigenvalue weighted by Crippen LogP contribution is 2.41. The van der Waals surface area contributed by atoms with Crippen LogP contribution in [0, 0.1) is 5.92 Å². The van der Waals surface area contributed by atoms with Gasteiger partial charge in [-0.2, -0.15) is 0 Å². The Balaban J connectivity index is 2.01. The molecule has 26 heavy (non-hydrogen) atoms. The first-order valence-electron chi connectivity index (χ1n) is 9.25. The molecule has 1 saturated carbocycles. The normalized spacial score (nSPS) is 20.3. The second-order valence-corrected chi connectivity index (χ2v) is 12.3. The maximum absolute atomic E-state index is 11.8. The standard InChI is InChI=1S/C22H28O3Si/c1-22(2,3)26(19-11-7-5-8-12-19,20-13-9-6-10-14-20)25-18-15-17(16-18)21(23)24-4/h5-14,17-18H,15-16H2,1-4H3. The van der Waals surface area contributed by atoms with Gasteiger partial charge in [0.05, 0.1) is 13.0 Å². The van der Waals surface area contributed by atoms with Gasteiger partial charge in [0.25, 0.3) is 8.32 Å². The van der Waals surface area contributed by atoms with Crippen molar-refractivity contribution in [2.24, 2.45) is 5.92 Å². The molecule has 3 rings (SSSR count). The summed E-state index contributed by atoms with van der Waals surface area (Å²) >= 11 is 0. The molecule has 4 heteroatoms. The second kappa shape index (κ2) is 7.37. The summed E-state index contributed by atoms with van der Waals surface area (Å²) in [5, 5.41) is 2.52. The molecular formula is C22H28O3Si. The molecule has 0 saturated heterocycles. The maximum atomic E-state index is 11.8. The molecule has 0 unspecified atom stereocenters. The van der Waals surface area contributed by atoms with Crippen LogP contribution in [0.2, 0.25) is 5.04 Å². The van der Waals surface area contributed by atoms with E-state index in [4.69, 9.17) is 9.16 Å². The third-order valence-corrected chi connectivity index (χ3v) is 10.5. The smallest absolute Gasteiger partial charge is 0.308 e. The summed E-state index contributed by atoms with van der Waals surface area (Å²) in [7, 11) is -1.05. The zero-order valence-electron chi connectivity index (χ0n) is 16.1. The van der Waals surface area contributed by atoms with Crippen LogP contribution in [0.3, 0.4) is 0 Å². The number of rotatable bonds is 5. The van der Waals surface area contributed by atoms with E-state index >= 15 is 0 Å². The van der Waals surface area contributed by atoms with Gasteiger partial charge in [-0.05, 0) is 28.3 Å². The highest BCUT2D eigenvalue weighted by Gasteiger charge is 2.53. The molecule has 0 aliphatic heterocycles. The molecule has 0 heterocycles. The first kappa shape index (κ1) is 18.9. The molecule has 0 atom stereocenters. The lowest BCUT2D eigenvalue weighted by Crippen LogP contribution is -2.68. The highest BCUT2D eigenvalue weighted by atomic mass is 28.4. The van der Waals surface area contributed by atoms with Crippen LogP contribution in [-0.2, 0) is 14.0 Å². The van der Waals surface area contributed by atoms with Crippen LogP contribution in [0.4, 0.5) is 0 Å². The van der Waals surface area contributed by atoms with Gasteiger partial charge in [-0.25, -0.2) is 0 Å². The van der Waals surface area contributed by atoms with E-state index in [0.29, 0.717) is 0 Å². The van der Waals surface area contributed by atoms with Gasteiger partial charge in [-0.1, -0.05) is 81.4 Å². The van der Waals surface area contributed by atoms with Crippen LogP contribution in [-0.4, -0.2) is 27.5 Å². The quantitative estimate of drug-likeness (QED) is 0.598. The number of ether oxygens (including phenoxy) is 1. The van der Waals surface area contributed by atoms with Gasteiger partial charge in [-0.3, -0.25) is 4.79 Å². The first-order chi connectivity index (χ1) is 12.4. The Morgan fingerprint density at radius 2 is 1.38 bits per heavy atom. The number of esters is 1. The topological polar surface area (TPSA) is 35.5 Å². The number of carbonyl (C=O) groups is 1. The number of methoxy groups -OCH3 is 1. The summed E-state index contributed by atoms with van der Waals surface area (Å²) in [5.41, 5.74) is 0. The summed E-state index contributed by atoms with van der Waals surface area (Å²) in [6.07, 6.45) is 1.60. The largest absolute Gasteiger partial charge is 0.469 e. The van der Waals surface area contributed by atoms with E-state index in [1.165, 1.54) is 17.5 Å². The molecule has 1 aliphatic carbocycles. The first-order valence-corrected chi connectivity index (χ1v) is 11.2. The molecule has 3 nitrogen and oxygen atoms in total. The monoisotopic (exact) mass is 368 g/mol. The van der Waals surface area contributed by atoms with Crippen LogP contribution < -0.4 is 10.4 Å². The van der Waals surface area contributed by atoms with E-state index in [1.807, 2.05) is 12.1 Å². The molecule has 0 spiro atoms. The lowest BCUT2D eigenvalue weighted by atomic mass is 9.83. The van der Waals surface area contributed by atoms with Crippen molar-refractivity contribution in [3.63, 3.8) is 0 Å². The molecule has 1 fully saturated rings. The Hall–Kier alpha value is -1.91. The summed E-state index contributed by atoms with van der Waals surface area (Å²) in [6, 6.07) is 21.2. The Morgan fingerprint density at radius 3 is 1.77 bits per heavy atom. The predicted octanol–water partition coefficient (Wildman–Crippen LogP) is 3.51. The zero-order chi connectivity index (χ0) is 18.8. The third kappa shape index (κ3) is 3.36. The Morgan fingerprint density at radius 1 is 0.923 bits per heavy atom. The molecule has 1 aliphatic rings.